The summed E-state index contributed by atoms with van der Waals surface area (Å²) in [4.78, 5) is 2.31. The van der Waals surface area contributed by atoms with Crippen molar-refractivity contribution in [2.75, 3.05) is 4.90 Å². The van der Waals surface area contributed by atoms with E-state index in [2.05, 4.69) is 175 Å². The molecule has 3 nitrogen and oxygen atoms in total. The van der Waals surface area contributed by atoms with Gasteiger partial charge in [-0.1, -0.05) is 133 Å². The van der Waals surface area contributed by atoms with Crippen LogP contribution >= 0.6 is 0 Å². The molecule has 51 heavy (non-hydrogen) atoms. The van der Waals surface area contributed by atoms with Gasteiger partial charge in [-0.3, -0.25) is 0 Å². The highest BCUT2D eigenvalue weighted by molar-refractivity contribution is 6.17. The first-order chi connectivity index (χ1) is 25.3. The molecule has 0 spiro atoms. The van der Waals surface area contributed by atoms with Gasteiger partial charge >= 0.3 is 0 Å². The Bertz CT molecular complexity index is 2750. The summed E-state index contributed by atoms with van der Waals surface area (Å²) < 4.78 is 13.0. The van der Waals surface area contributed by atoms with Crippen LogP contribution in [0.25, 0.3) is 77.3 Å². The van der Waals surface area contributed by atoms with E-state index in [1.807, 2.05) is 18.2 Å². The number of furan rings is 2. The zero-order valence-corrected chi connectivity index (χ0v) is 27.7. The molecular formula is C48H31NO2. The SMILES string of the molecule is c1ccc(-c2ccc(N(c3ccc(-c4ccccc4)cc3)c3ccc(-c4ccc5oc6ccccc6c5c4)c4c3oc3ccccc34)cc2)cc1. The van der Waals surface area contributed by atoms with E-state index in [1.54, 1.807) is 0 Å². The first-order valence-electron chi connectivity index (χ1n) is 17.3. The molecule has 3 heteroatoms. The largest absolute Gasteiger partial charge is 0.456 e. The molecule has 0 aliphatic rings. The van der Waals surface area contributed by atoms with E-state index in [4.69, 9.17) is 8.83 Å². The molecule has 10 rings (SSSR count). The van der Waals surface area contributed by atoms with E-state index in [1.165, 1.54) is 22.3 Å². The van der Waals surface area contributed by atoms with Crippen molar-refractivity contribution in [2.24, 2.45) is 0 Å². The second-order valence-corrected chi connectivity index (χ2v) is 12.9. The lowest BCUT2D eigenvalue weighted by atomic mass is 9.96. The van der Waals surface area contributed by atoms with Gasteiger partial charge in [0, 0.05) is 32.9 Å². The molecular weight excluding hydrogens is 623 g/mol. The zero-order chi connectivity index (χ0) is 33.7. The van der Waals surface area contributed by atoms with Crippen molar-refractivity contribution in [1.82, 2.24) is 0 Å². The van der Waals surface area contributed by atoms with Gasteiger partial charge in [0.2, 0.25) is 0 Å². The Kier molecular flexibility index (Phi) is 6.81. The van der Waals surface area contributed by atoms with Gasteiger partial charge in [0.25, 0.3) is 0 Å². The minimum absolute atomic E-state index is 0.838. The van der Waals surface area contributed by atoms with Crippen molar-refractivity contribution in [3.63, 3.8) is 0 Å². The lowest BCUT2D eigenvalue weighted by Crippen LogP contribution is -2.10. The van der Waals surface area contributed by atoms with Gasteiger partial charge in [0.1, 0.15) is 16.7 Å². The summed E-state index contributed by atoms with van der Waals surface area (Å²) in [7, 11) is 0. The number of nitrogens with zero attached hydrogens (tertiary/aromatic N) is 1. The van der Waals surface area contributed by atoms with Crippen LogP contribution in [0.15, 0.2) is 197 Å². The first kappa shape index (κ1) is 29.1. The topological polar surface area (TPSA) is 29.5 Å². The molecule has 0 aliphatic heterocycles. The minimum atomic E-state index is 0.838. The molecule has 0 saturated heterocycles. The lowest BCUT2D eigenvalue weighted by molar-refractivity contribution is 0.669. The van der Waals surface area contributed by atoms with Gasteiger partial charge < -0.3 is 13.7 Å². The number of fused-ring (bicyclic) bond motifs is 6. The average molecular weight is 654 g/mol. The average Bonchev–Trinajstić information content (AvgIpc) is 3.78. The normalized spacial score (nSPS) is 11.5. The third-order valence-electron chi connectivity index (χ3n) is 9.90. The van der Waals surface area contributed by atoms with Gasteiger partial charge in [-0.15, -0.1) is 0 Å². The van der Waals surface area contributed by atoms with Gasteiger partial charge in [0.05, 0.1) is 5.69 Å². The molecule has 0 radical (unpaired) electrons. The second kappa shape index (κ2) is 11.9. The number of anilines is 3. The second-order valence-electron chi connectivity index (χ2n) is 12.9. The minimum Gasteiger partial charge on any atom is -0.456 e. The van der Waals surface area contributed by atoms with Crippen LogP contribution in [-0.4, -0.2) is 0 Å². The molecule has 10 aromatic rings. The van der Waals surface area contributed by atoms with Crippen molar-refractivity contribution in [3.8, 4) is 33.4 Å². The first-order valence-corrected chi connectivity index (χ1v) is 17.3. The van der Waals surface area contributed by atoms with Gasteiger partial charge in [-0.25, -0.2) is 0 Å². The maximum absolute atomic E-state index is 6.84. The molecule has 2 heterocycles. The Hall–Kier alpha value is -6.84. The molecule has 0 atom stereocenters. The number of rotatable bonds is 6. The van der Waals surface area contributed by atoms with Crippen molar-refractivity contribution >= 4 is 60.9 Å². The van der Waals surface area contributed by atoms with Crippen LogP contribution in [0.1, 0.15) is 0 Å². The van der Waals surface area contributed by atoms with Crippen LogP contribution in [0, 0.1) is 0 Å². The number of para-hydroxylation sites is 2. The van der Waals surface area contributed by atoms with E-state index in [-0.39, 0.29) is 0 Å². The van der Waals surface area contributed by atoms with E-state index >= 15 is 0 Å². The third kappa shape index (κ3) is 4.98. The Labute approximate surface area is 295 Å². The Morgan fingerprint density at radius 3 is 1.45 bits per heavy atom. The maximum Gasteiger partial charge on any atom is 0.160 e. The summed E-state index contributed by atoms with van der Waals surface area (Å²) in [5.41, 5.74) is 13.5. The zero-order valence-electron chi connectivity index (χ0n) is 27.7. The highest BCUT2D eigenvalue weighted by atomic mass is 16.3. The van der Waals surface area contributed by atoms with E-state index in [0.29, 0.717) is 0 Å². The fraction of sp³-hybridized carbons (Fsp3) is 0. The van der Waals surface area contributed by atoms with Gasteiger partial charge in [0.15, 0.2) is 5.58 Å². The molecule has 0 bridgehead atoms. The summed E-state index contributed by atoms with van der Waals surface area (Å²) in [5.74, 6) is 0. The molecule has 0 aliphatic carbocycles. The van der Waals surface area contributed by atoms with Crippen LogP contribution in [0.3, 0.4) is 0 Å². The van der Waals surface area contributed by atoms with Gasteiger partial charge in [-0.05, 0) is 88.0 Å². The predicted octanol–water partition coefficient (Wildman–Crippen LogP) is 14.0. The highest BCUT2D eigenvalue weighted by Crippen LogP contribution is 2.47. The van der Waals surface area contributed by atoms with Crippen molar-refractivity contribution in [3.05, 3.63) is 188 Å². The van der Waals surface area contributed by atoms with Crippen LogP contribution in [-0.2, 0) is 0 Å². The summed E-state index contributed by atoms with van der Waals surface area (Å²) in [6.07, 6.45) is 0. The molecule has 8 aromatic carbocycles. The number of benzene rings is 8. The van der Waals surface area contributed by atoms with E-state index < -0.39 is 0 Å². The smallest absolute Gasteiger partial charge is 0.160 e. The fourth-order valence-electron chi connectivity index (χ4n) is 7.42. The predicted molar refractivity (Wildman–Crippen MR) is 212 cm³/mol. The summed E-state index contributed by atoms with van der Waals surface area (Å²) >= 11 is 0. The standard InChI is InChI=1S/C48H31NO2/c1-3-11-32(12-4-1)34-19-24-37(25-20-34)49(38-26-21-35(22-27-38)33-13-5-2-6-14-33)43-29-28-39(47-41-16-8-10-18-45(41)51-48(43)47)36-23-30-46-42(31-36)40-15-7-9-17-44(40)50-46/h1-31H. The highest BCUT2D eigenvalue weighted by Gasteiger charge is 2.23. The quantitative estimate of drug-likeness (QED) is 0.179. The van der Waals surface area contributed by atoms with Crippen molar-refractivity contribution in [1.29, 1.82) is 0 Å². The molecule has 0 fully saturated rings. The van der Waals surface area contributed by atoms with Crippen molar-refractivity contribution in [2.45, 2.75) is 0 Å². The fourth-order valence-corrected chi connectivity index (χ4v) is 7.42. The molecule has 0 unspecified atom stereocenters. The van der Waals surface area contributed by atoms with E-state index in [0.717, 1.165) is 72.1 Å². The van der Waals surface area contributed by atoms with Crippen LogP contribution in [0.4, 0.5) is 17.1 Å². The molecule has 0 saturated carbocycles. The number of hydrogen-bond donors (Lipinski definition) is 0. The van der Waals surface area contributed by atoms with Gasteiger partial charge in [-0.2, -0.15) is 0 Å². The summed E-state index contributed by atoms with van der Waals surface area (Å²) in [5, 5.41) is 4.39. The Morgan fingerprint density at radius 1 is 0.333 bits per heavy atom. The molecule has 240 valence electrons. The van der Waals surface area contributed by atoms with Crippen LogP contribution in [0.2, 0.25) is 0 Å². The maximum atomic E-state index is 6.84. The van der Waals surface area contributed by atoms with Crippen molar-refractivity contribution < 1.29 is 8.83 Å². The molecule has 0 amide bonds. The summed E-state index contributed by atoms with van der Waals surface area (Å²) in [6.45, 7) is 0. The monoisotopic (exact) mass is 653 g/mol. The summed E-state index contributed by atoms with van der Waals surface area (Å²) in [6, 6.07) is 66.1. The molecule has 2 aromatic heterocycles. The van der Waals surface area contributed by atoms with Crippen LogP contribution < -0.4 is 4.90 Å². The van der Waals surface area contributed by atoms with Crippen LogP contribution in [0.5, 0.6) is 0 Å². The molecule has 0 N–H and O–H groups in total. The number of hydrogen-bond acceptors (Lipinski definition) is 3. The lowest BCUT2D eigenvalue weighted by Gasteiger charge is -2.26. The third-order valence-corrected chi connectivity index (χ3v) is 9.90. The Balaban J connectivity index is 1.18. The van der Waals surface area contributed by atoms with E-state index in [9.17, 15) is 0 Å². The Morgan fingerprint density at radius 2 is 0.824 bits per heavy atom.